The van der Waals surface area contributed by atoms with E-state index in [1.54, 1.807) is 6.92 Å². The number of aryl methyl sites for hydroxylation is 1. The molecule has 0 amide bonds. The van der Waals surface area contributed by atoms with Crippen LogP contribution < -0.4 is 5.32 Å². The maximum Gasteiger partial charge on any atom is 0.152 e. The van der Waals surface area contributed by atoms with Crippen LogP contribution in [0, 0.1) is 0 Å². The second-order valence-corrected chi connectivity index (χ2v) is 11.4. The molecule has 1 fully saturated rings. The molecule has 5 rings (SSSR count). The Labute approximate surface area is 218 Å². The summed E-state index contributed by atoms with van der Waals surface area (Å²) in [6, 6.07) is 7.30. The highest BCUT2D eigenvalue weighted by Gasteiger charge is 2.55. The molecule has 1 spiro atoms. The van der Waals surface area contributed by atoms with Crippen molar-refractivity contribution < 1.29 is 14.2 Å². The number of hydrogen-bond donors (Lipinski definition) is 2. The molecule has 2 aliphatic carbocycles. The zero-order chi connectivity index (χ0) is 25.8. The number of alkyl halides is 1. The van der Waals surface area contributed by atoms with Gasteiger partial charge in [0.2, 0.25) is 0 Å². The third-order valence-corrected chi connectivity index (χ3v) is 8.84. The van der Waals surface area contributed by atoms with Gasteiger partial charge in [0.1, 0.15) is 24.2 Å². The predicted octanol–water partition coefficient (Wildman–Crippen LogP) is 7.06. The molecule has 1 aromatic carbocycles. The number of aliphatic hydroxyl groups excluding tert-OH is 1. The molecule has 1 saturated carbocycles. The molecule has 3 atom stereocenters. The molecule has 36 heavy (non-hydrogen) atoms. The third kappa shape index (κ3) is 4.01. The van der Waals surface area contributed by atoms with Gasteiger partial charge in [0.05, 0.1) is 11.2 Å². The highest BCUT2D eigenvalue weighted by atomic mass is 35.5. The van der Waals surface area contributed by atoms with E-state index < -0.39 is 11.7 Å². The van der Waals surface area contributed by atoms with Gasteiger partial charge in [-0.15, -0.1) is 0 Å². The minimum Gasteiger partial charge on any atom is -0.508 e. The average Bonchev–Trinajstić information content (AvgIpc) is 3.30. The molecule has 2 aliphatic heterocycles. The molecule has 2 N–H and O–H groups in total. The van der Waals surface area contributed by atoms with Crippen LogP contribution in [0.1, 0.15) is 58.4 Å². The first kappa shape index (κ1) is 25.2. The van der Waals surface area contributed by atoms with Gasteiger partial charge in [0.15, 0.2) is 5.67 Å². The Hall–Kier alpha value is -2.50. The minimum absolute atomic E-state index is 0.0443. The lowest BCUT2D eigenvalue weighted by molar-refractivity contribution is 0.000656. The SMILES string of the molecule is C=C(O)C1=CN2C3=C(OCC24CCCC4)C(NC(C)CCc2ccc(Cl)cc2)C(C)(F)C(C)=C3C1=C. The zero-order valence-corrected chi connectivity index (χ0v) is 22.2. The van der Waals surface area contributed by atoms with Crippen LogP contribution in [-0.2, 0) is 11.2 Å². The molecule has 6 heteroatoms. The second-order valence-electron chi connectivity index (χ2n) is 11.0. The van der Waals surface area contributed by atoms with Gasteiger partial charge in [0, 0.05) is 28.4 Å². The van der Waals surface area contributed by atoms with Crippen molar-refractivity contribution in [1.29, 1.82) is 0 Å². The molecule has 2 heterocycles. The summed E-state index contributed by atoms with van der Waals surface area (Å²) >= 11 is 6.02. The number of rotatable bonds is 6. The summed E-state index contributed by atoms with van der Waals surface area (Å²) in [6.45, 7) is 14.1. The van der Waals surface area contributed by atoms with E-state index in [0.29, 0.717) is 29.1 Å². The lowest BCUT2D eigenvalue weighted by Gasteiger charge is -2.54. The molecule has 0 saturated heterocycles. The fourth-order valence-corrected chi connectivity index (χ4v) is 6.39. The number of ether oxygens (including phenoxy) is 1. The predicted molar refractivity (Wildman–Crippen MR) is 143 cm³/mol. The molecule has 3 unspecified atom stereocenters. The summed E-state index contributed by atoms with van der Waals surface area (Å²) in [5, 5.41) is 14.7. The quantitative estimate of drug-likeness (QED) is 0.402. The van der Waals surface area contributed by atoms with Gasteiger partial charge < -0.3 is 20.1 Å². The molecular formula is C30H36ClFN2O2. The fraction of sp³-hybridized carbons (Fsp3) is 0.467. The molecule has 4 aliphatic rings. The maximum atomic E-state index is 16.7. The Kier molecular flexibility index (Phi) is 6.37. The van der Waals surface area contributed by atoms with Crippen LogP contribution in [-0.4, -0.2) is 39.9 Å². The number of halogens is 2. The van der Waals surface area contributed by atoms with E-state index in [2.05, 4.69) is 30.3 Å². The number of nitrogens with zero attached hydrogens (tertiary/aromatic N) is 1. The number of aliphatic hydroxyl groups is 1. The Morgan fingerprint density at radius 3 is 2.61 bits per heavy atom. The van der Waals surface area contributed by atoms with Crippen molar-refractivity contribution >= 4 is 11.6 Å². The van der Waals surface area contributed by atoms with Gasteiger partial charge in [-0.1, -0.05) is 49.7 Å². The van der Waals surface area contributed by atoms with E-state index in [0.717, 1.165) is 54.8 Å². The third-order valence-electron chi connectivity index (χ3n) is 8.59. The molecule has 192 valence electrons. The lowest BCUT2D eigenvalue weighted by atomic mass is 9.73. The van der Waals surface area contributed by atoms with E-state index in [1.165, 1.54) is 5.56 Å². The van der Waals surface area contributed by atoms with Crippen LogP contribution in [0.2, 0.25) is 5.02 Å². The van der Waals surface area contributed by atoms with Crippen LogP contribution >= 0.6 is 11.6 Å². The van der Waals surface area contributed by atoms with Gasteiger partial charge in [-0.25, -0.2) is 4.39 Å². The Bertz CT molecular complexity index is 1190. The van der Waals surface area contributed by atoms with E-state index in [9.17, 15) is 5.11 Å². The van der Waals surface area contributed by atoms with Crippen molar-refractivity contribution in [3.63, 3.8) is 0 Å². The number of nitrogens with one attached hydrogen (secondary N) is 1. The van der Waals surface area contributed by atoms with Crippen LogP contribution in [0.25, 0.3) is 0 Å². The van der Waals surface area contributed by atoms with Crippen LogP contribution in [0.3, 0.4) is 0 Å². The Morgan fingerprint density at radius 1 is 1.31 bits per heavy atom. The zero-order valence-electron chi connectivity index (χ0n) is 21.5. The van der Waals surface area contributed by atoms with Gasteiger partial charge in [0.25, 0.3) is 0 Å². The van der Waals surface area contributed by atoms with Crippen LogP contribution in [0.4, 0.5) is 4.39 Å². The first-order valence-corrected chi connectivity index (χ1v) is 13.3. The smallest absolute Gasteiger partial charge is 0.152 e. The van der Waals surface area contributed by atoms with E-state index in [4.69, 9.17) is 16.3 Å². The minimum atomic E-state index is -1.70. The first-order valence-electron chi connectivity index (χ1n) is 12.9. The number of allylic oxidation sites excluding steroid dienone is 2. The standard InChI is InChI=1S/C30H36ClFN2O2/c1-18(8-9-22-10-12-23(31)13-11-22)33-28-27-26-25(20(3)29(28,5)32)19(2)24(21(4)35)16-34(26)30(17-36-27)14-6-7-15-30/h10-13,16,18,28,33,35H,2,4,6-9,14-15,17H2,1,3,5H3. The maximum absolute atomic E-state index is 16.7. The monoisotopic (exact) mass is 510 g/mol. The normalized spacial score (nSPS) is 27.7. The summed E-state index contributed by atoms with van der Waals surface area (Å²) in [4.78, 5) is 2.26. The van der Waals surface area contributed by atoms with Gasteiger partial charge in [-0.2, -0.15) is 0 Å². The van der Waals surface area contributed by atoms with Crippen LogP contribution in [0.15, 0.2) is 83.1 Å². The summed E-state index contributed by atoms with van der Waals surface area (Å²) in [5.41, 5.74) is 2.71. The van der Waals surface area contributed by atoms with Crippen molar-refractivity contribution in [3.05, 3.63) is 93.7 Å². The molecule has 0 aromatic heterocycles. The van der Waals surface area contributed by atoms with E-state index >= 15 is 4.39 Å². The molecular weight excluding hydrogens is 475 g/mol. The van der Waals surface area contributed by atoms with Gasteiger partial charge >= 0.3 is 0 Å². The van der Waals surface area contributed by atoms with Gasteiger partial charge in [-0.3, -0.25) is 0 Å². The second kappa shape index (κ2) is 9.11. The largest absolute Gasteiger partial charge is 0.508 e. The molecule has 1 aromatic rings. The summed E-state index contributed by atoms with van der Waals surface area (Å²) in [5.74, 6) is 0.591. The fourth-order valence-electron chi connectivity index (χ4n) is 6.27. The first-order chi connectivity index (χ1) is 17.0. The summed E-state index contributed by atoms with van der Waals surface area (Å²) in [6.07, 6.45) is 7.90. The molecule has 0 radical (unpaired) electrons. The molecule has 0 bridgehead atoms. The lowest BCUT2D eigenvalue weighted by Crippen LogP contribution is -2.60. The van der Waals surface area contributed by atoms with Gasteiger partial charge in [-0.05, 0) is 75.3 Å². The number of hydrogen-bond acceptors (Lipinski definition) is 4. The van der Waals surface area contributed by atoms with E-state index in [-0.39, 0.29) is 17.3 Å². The van der Waals surface area contributed by atoms with Crippen molar-refractivity contribution in [3.8, 4) is 0 Å². The number of fused-ring (bicyclic) bond motifs is 1. The summed E-state index contributed by atoms with van der Waals surface area (Å²) < 4.78 is 23.2. The van der Waals surface area contributed by atoms with Crippen LogP contribution in [0.5, 0.6) is 0 Å². The average molecular weight is 511 g/mol. The highest BCUT2D eigenvalue weighted by Crippen LogP contribution is 2.54. The number of benzene rings is 1. The topological polar surface area (TPSA) is 44.7 Å². The van der Waals surface area contributed by atoms with Crippen molar-refractivity contribution in [1.82, 2.24) is 10.2 Å². The van der Waals surface area contributed by atoms with Crippen molar-refractivity contribution in [2.75, 3.05) is 6.61 Å². The Balaban J connectivity index is 1.51. The molecule has 4 nitrogen and oxygen atoms in total. The van der Waals surface area contributed by atoms with Crippen molar-refractivity contribution in [2.45, 2.75) is 82.6 Å². The van der Waals surface area contributed by atoms with Crippen molar-refractivity contribution in [2.24, 2.45) is 0 Å². The summed E-state index contributed by atoms with van der Waals surface area (Å²) in [7, 11) is 0. The highest BCUT2D eigenvalue weighted by molar-refractivity contribution is 6.30. The Morgan fingerprint density at radius 2 is 1.97 bits per heavy atom. The van der Waals surface area contributed by atoms with E-state index in [1.807, 2.05) is 37.4 Å².